The molecule has 0 spiro atoms. The summed E-state index contributed by atoms with van der Waals surface area (Å²) in [4.78, 5) is 34.4. The van der Waals surface area contributed by atoms with Crippen molar-refractivity contribution in [1.82, 2.24) is 4.90 Å². The fraction of sp³-hybridized carbons (Fsp3) is 0.467. The molecule has 0 aromatic heterocycles. The number of urea groups is 1. The van der Waals surface area contributed by atoms with Crippen molar-refractivity contribution in [2.75, 3.05) is 18.4 Å². The maximum Gasteiger partial charge on any atom is 0.394 e. The summed E-state index contributed by atoms with van der Waals surface area (Å²) in [7, 11) is 0. The zero-order valence-corrected chi connectivity index (χ0v) is 13.8. The quantitative estimate of drug-likeness (QED) is 0.623. The summed E-state index contributed by atoms with van der Waals surface area (Å²) in [6, 6.07) is 1.65. The molecule has 1 aliphatic rings. The highest BCUT2D eigenvalue weighted by Gasteiger charge is 2.53. The number of amides is 2. The lowest BCUT2D eigenvalue weighted by Crippen LogP contribution is -2.35. The van der Waals surface area contributed by atoms with E-state index in [4.69, 9.17) is 5.11 Å². The van der Waals surface area contributed by atoms with Gasteiger partial charge < -0.3 is 15.3 Å². The predicted molar refractivity (Wildman–Crippen MR) is 83.8 cm³/mol. The van der Waals surface area contributed by atoms with Gasteiger partial charge in [0.1, 0.15) is 0 Å². The zero-order valence-electron chi connectivity index (χ0n) is 13.8. The predicted octanol–water partition coefficient (Wildman–Crippen LogP) is 2.94. The van der Waals surface area contributed by atoms with E-state index in [9.17, 15) is 32.9 Å². The van der Waals surface area contributed by atoms with Gasteiger partial charge in [-0.05, 0) is 25.5 Å². The Bertz CT molecular complexity index is 766. The van der Waals surface area contributed by atoms with Crippen LogP contribution in [-0.2, 0) is 4.79 Å². The molecule has 1 aliphatic heterocycles. The van der Waals surface area contributed by atoms with Crippen LogP contribution in [0.3, 0.4) is 0 Å². The molecule has 8 nitrogen and oxygen atoms in total. The van der Waals surface area contributed by atoms with E-state index in [-0.39, 0.29) is 11.4 Å². The van der Waals surface area contributed by atoms with E-state index in [0.29, 0.717) is 11.1 Å². The number of nitrogens with one attached hydrogen (secondary N) is 1. The third-order valence-electron chi connectivity index (χ3n) is 4.33. The minimum atomic E-state index is -4.75. The minimum absolute atomic E-state index is 0.0784. The Morgan fingerprint density at radius 2 is 1.88 bits per heavy atom. The summed E-state index contributed by atoms with van der Waals surface area (Å²) in [5, 5.41) is 22.3. The Labute approximate surface area is 145 Å². The minimum Gasteiger partial charge on any atom is -0.481 e. The Hall–Kier alpha value is -2.85. The summed E-state index contributed by atoms with van der Waals surface area (Å²) < 4.78 is 39.0. The first-order valence-electron chi connectivity index (χ1n) is 7.53. The number of nitro benzene ring substituents is 1. The van der Waals surface area contributed by atoms with Gasteiger partial charge in [0, 0.05) is 24.7 Å². The van der Waals surface area contributed by atoms with Crippen LogP contribution in [0.1, 0.15) is 11.1 Å². The van der Waals surface area contributed by atoms with Gasteiger partial charge in [-0.1, -0.05) is 0 Å². The maximum absolute atomic E-state index is 13.0. The van der Waals surface area contributed by atoms with Gasteiger partial charge in [0.05, 0.1) is 22.4 Å². The van der Waals surface area contributed by atoms with E-state index in [1.807, 2.05) is 0 Å². The Morgan fingerprint density at radius 1 is 1.27 bits per heavy atom. The Kier molecular flexibility index (Phi) is 5.10. The van der Waals surface area contributed by atoms with Crippen molar-refractivity contribution in [3.05, 3.63) is 33.4 Å². The van der Waals surface area contributed by atoms with Crippen LogP contribution in [0.15, 0.2) is 12.1 Å². The number of carboxylic acid groups (broad SMARTS) is 1. The van der Waals surface area contributed by atoms with Crippen molar-refractivity contribution in [2.24, 2.45) is 11.8 Å². The standard InChI is InChI=1S/C15H16F3N3O5/c1-7-3-8(2)12(21(25)26)4-11(7)19-14(24)20-5-9(13(22)23)10(6-20)15(16,17)18/h3-4,9-10H,5-6H2,1-2H3,(H,19,24)(H,22,23)/t9-,10-/m1/s1. The van der Waals surface area contributed by atoms with Gasteiger partial charge in [0.2, 0.25) is 0 Å². The van der Waals surface area contributed by atoms with Crippen LogP contribution >= 0.6 is 0 Å². The van der Waals surface area contributed by atoms with Crippen molar-refractivity contribution in [2.45, 2.75) is 20.0 Å². The van der Waals surface area contributed by atoms with Gasteiger partial charge >= 0.3 is 18.2 Å². The number of hydrogen-bond donors (Lipinski definition) is 2. The number of benzene rings is 1. The summed E-state index contributed by atoms with van der Waals surface area (Å²) in [5.74, 6) is -5.56. The summed E-state index contributed by atoms with van der Waals surface area (Å²) >= 11 is 0. The highest BCUT2D eigenvalue weighted by Crippen LogP contribution is 2.38. The average Bonchev–Trinajstić information content (AvgIpc) is 2.95. The van der Waals surface area contributed by atoms with Gasteiger partial charge in [0.25, 0.3) is 5.69 Å². The number of likely N-dealkylation sites (tertiary alicyclic amines) is 1. The molecule has 1 aromatic carbocycles. The third-order valence-corrected chi connectivity index (χ3v) is 4.33. The molecule has 1 heterocycles. The largest absolute Gasteiger partial charge is 0.481 e. The molecule has 2 atom stereocenters. The van der Waals surface area contributed by atoms with Gasteiger partial charge in [-0.3, -0.25) is 14.9 Å². The molecular formula is C15H16F3N3O5. The van der Waals surface area contributed by atoms with Crippen molar-refractivity contribution in [3.63, 3.8) is 0 Å². The van der Waals surface area contributed by atoms with Crippen LogP contribution in [0, 0.1) is 35.8 Å². The lowest BCUT2D eigenvalue weighted by Gasteiger charge is -2.19. The number of hydrogen-bond acceptors (Lipinski definition) is 4. The van der Waals surface area contributed by atoms with Gasteiger partial charge in [0.15, 0.2) is 0 Å². The Balaban J connectivity index is 2.22. The van der Waals surface area contributed by atoms with E-state index in [1.165, 1.54) is 13.0 Å². The number of halogens is 3. The number of alkyl halides is 3. The van der Waals surface area contributed by atoms with Crippen LogP contribution in [0.25, 0.3) is 0 Å². The fourth-order valence-corrected chi connectivity index (χ4v) is 2.92. The lowest BCUT2D eigenvalue weighted by molar-refractivity contribution is -0.385. The summed E-state index contributed by atoms with van der Waals surface area (Å²) in [5.41, 5.74) is 0.691. The second-order valence-corrected chi connectivity index (χ2v) is 6.14. The third kappa shape index (κ3) is 3.86. The van der Waals surface area contributed by atoms with Gasteiger partial charge in [-0.15, -0.1) is 0 Å². The molecule has 1 fully saturated rings. The molecule has 0 unspecified atom stereocenters. The number of anilines is 1. The number of carbonyl (C=O) groups excluding carboxylic acids is 1. The van der Waals surface area contributed by atoms with E-state index in [1.54, 1.807) is 6.92 Å². The maximum atomic E-state index is 13.0. The number of aryl methyl sites for hydroxylation is 2. The number of nitrogens with zero attached hydrogens (tertiary/aromatic N) is 2. The van der Waals surface area contributed by atoms with Crippen LogP contribution in [0.5, 0.6) is 0 Å². The number of carbonyl (C=O) groups is 2. The van der Waals surface area contributed by atoms with Crippen molar-refractivity contribution in [1.29, 1.82) is 0 Å². The van der Waals surface area contributed by atoms with Gasteiger partial charge in [-0.2, -0.15) is 13.2 Å². The first-order valence-corrected chi connectivity index (χ1v) is 7.53. The monoisotopic (exact) mass is 375 g/mol. The van der Waals surface area contributed by atoms with E-state index < -0.39 is 48.0 Å². The second kappa shape index (κ2) is 6.81. The first-order chi connectivity index (χ1) is 11.9. The van der Waals surface area contributed by atoms with Crippen molar-refractivity contribution < 1.29 is 32.8 Å². The number of rotatable bonds is 3. The number of aliphatic carboxylic acids is 1. The van der Waals surface area contributed by atoms with Crippen LogP contribution in [0.2, 0.25) is 0 Å². The molecule has 2 rings (SSSR count). The molecule has 0 saturated carbocycles. The van der Waals surface area contributed by atoms with E-state index in [0.717, 1.165) is 11.0 Å². The van der Waals surface area contributed by atoms with Crippen LogP contribution in [0.4, 0.5) is 29.3 Å². The summed E-state index contributed by atoms with van der Waals surface area (Å²) in [6.45, 7) is 1.70. The smallest absolute Gasteiger partial charge is 0.394 e. The molecule has 1 saturated heterocycles. The van der Waals surface area contributed by atoms with Crippen molar-refractivity contribution in [3.8, 4) is 0 Å². The molecule has 2 N–H and O–H groups in total. The van der Waals surface area contributed by atoms with E-state index >= 15 is 0 Å². The highest BCUT2D eigenvalue weighted by atomic mass is 19.4. The van der Waals surface area contributed by atoms with Crippen LogP contribution in [-0.4, -0.2) is 46.2 Å². The van der Waals surface area contributed by atoms with Gasteiger partial charge in [-0.25, -0.2) is 4.79 Å². The number of nitro groups is 1. The molecule has 142 valence electrons. The Morgan fingerprint density at radius 3 is 2.35 bits per heavy atom. The molecule has 1 aromatic rings. The fourth-order valence-electron chi connectivity index (χ4n) is 2.92. The summed E-state index contributed by atoms with van der Waals surface area (Å²) in [6.07, 6.45) is -4.75. The average molecular weight is 375 g/mol. The normalized spacial score (nSPS) is 20.1. The molecule has 26 heavy (non-hydrogen) atoms. The SMILES string of the molecule is Cc1cc(C)c([N+](=O)[O-])cc1NC(=O)N1C[C@@H](C(F)(F)F)[C@H](C(=O)O)C1. The molecule has 11 heteroatoms. The number of carboxylic acids is 1. The van der Waals surface area contributed by atoms with Crippen molar-refractivity contribution >= 4 is 23.4 Å². The lowest BCUT2D eigenvalue weighted by atomic mass is 9.96. The second-order valence-electron chi connectivity index (χ2n) is 6.14. The molecule has 0 aliphatic carbocycles. The topological polar surface area (TPSA) is 113 Å². The van der Waals surface area contributed by atoms with Crippen LogP contribution < -0.4 is 5.32 Å². The zero-order chi connectivity index (χ0) is 19.8. The molecular weight excluding hydrogens is 359 g/mol. The molecule has 0 bridgehead atoms. The molecule has 0 radical (unpaired) electrons. The highest BCUT2D eigenvalue weighted by molar-refractivity contribution is 5.91. The molecule has 2 amide bonds. The first kappa shape index (κ1) is 19.5. The van der Waals surface area contributed by atoms with E-state index in [2.05, 4.69) is 5.32 Å².